The Morgan fingerprint density at radius 3 is 1.84 bits per heavy atom. The standard InChI is InChI=1S/C9H11F7O3/c1-2-3-4-18-6(17)5-19-7(10,8(11,12)13)9(14,15)16/h2-5H2,1H3. The van der Waals surface area contributed by atoms with Crippen molar-refractivity contribution in [2.24, 2.45) is 0 Å². The van der Waals surface area contributed by atoms with E-state index >= 15 is 0 Å². The van der Waals surface area contributed by atoms with Gasteiger partial charge in [0.25, 0.3) is 0 Å². The van der Waals surface area contributed by atoms with Gasteiger partial charge in [-0.2, -0.15) is 30.7 Å². The molecule has 0 aliphatic rings. The molecule has 0 aliphatic heterocycles. The maximum Gasteiger partial charge on any atom is 0.458 e. The Hall–Kier alpha value is -1.06. The van der Waals surface area contributed by atoms with Crippen molar-refractivity contribution in [2.75, 3.05) is 13.2 Å². The summed E-state index contributed by atoms with van der Waals surface area (Å²) >= 11 is 0. The zero-order valence-electron chi connectivity index (χ0n) is 9.70. The van der Waals surface area contributed by atoms with Gasteiger partial charge < -0.3 is 9.47 Å². The van der Waals surface area contributed by atoms with Crippen molar-refractivity contribution in [2.45, 2.75) is 38.0 Å². The smallest absolute Gasteiger partial charge is 0.458 e. The van der Waals surface area contributed by atoms with Gasteiger partial charge >= 0.3 is 24.2 Å². The minimum Gasteiger partial charge on any atom is -0.464 e. The van der Waals surface area contributed by atoms with Crippen LogP contribution in [0.3, 0.4) is 0 Å². The molecule has 0 aromatic heterocycles. The minimum atomic E-state index is -6.35. The molecule has 0 N–H and O–H groups in total. The van der Waals surface area contributed by atoms with Gasteiger partial charge in [-0.1, -0.05) is 13.3 Å². The maximum absolute atomic E-state index is 12.9. The van der Waals surface area contributed by atoms with Gasteiger partial charge in [0.15, 0.2) is 0 Å². The molecule has 0 rings (SSSR count). The summed E-state index contributed by atoms with van der Waals surface area (Å²) in [6, 6.07) is 0. The molecule has 0 heterocycles. The fraction of sp³-hybridized carbons (Fsp3) is 0.889. The van der Waals surface area contributed by atoms with Crippen LogP contribution in [0.1, 0.15) is 19.8 Å². The zero-order chi connectivity index (χ0) is 15.3. The number of rotatable bonds is 6. The second-order valence-electron chi connectivity index (χ2n) is 3.45. The largest absolute Gasteiger partial charge is 0.464 e. The molecule has 0 saturated carbocycles. The first-order valence-electron chi connectivity index (χ1n) is 5.07. The van der Waals surface area contributed by atoms with Crippen molar-refractivity contribution in [1.29, 1.82) is 0 Å². The van der Waals surface area contributed by atoms with E-state index in [0.717, 1.165) is 0 Å². The van der Waals surface area contributed by atoms with Crippen LogP contribution in [-0.2, 0) is 14.3 Å². The predicted molar refractivity (Wildman–Crippen MR) is 47.8 cm³/mol. The summed E-state index contributed by atoms with van der Waals surface area (Å²) in [4.78, 5) is 10.8. The summed E-state index contributed by atoms with van der Waals surface area (Å²) in [5, 5.41) is 0. The normalized spacial score (nSPS) is 13.5. The number of carbonyl (C=O) groups excluding carboxylic acids is 1. The van der Waals surface area contributed by atoms with Crippen LogP contribution in [-0.4, -0.2) is 37.4 Å². The molecule has 114 valence electrons. The first kappa shape index (κ1) is 17.9. The lowest BCUT2D eigenvalue weighted by atomic mass is 10.3. The highest BCUT2D eigenvalue weighted by molar-refractivity contribution is 5.70. The molecule has 0 aliphatic carbocycles. The lowest BCUT2D eigenvalue weighted by molar-refractivity contribution is -0.428. The molecule has 0 aromatic rings. The minimum absolute atomic E-state index is 0.198. The molecule has 0 atom stereocenters. The van der Waals surface area contributed by atoms with Gasteiger partial charge in [0.1, 0.15) is 6.61 Å². The Morgan fingerprint density at radius 2 is 1.47 bits per heavy atom. The van der Waals surface area contributed by atoms with Gasteiger partial charge in [0, 0.05) is 0 Å². The van der Waals surface area contributed by atoms with E-state index in [1.54, 1.807) is 6.92 Å². The molecule has 0 radical (unpaired) electrons. The van der Waals surface area contributed by atoms with Crippen LogP contribution >= 0.6 is 0 Å². The van der Waals surface area contributed by atoms with E-state index in [1.807, 2.05) is 0 Å². The fourth-order valence-electron chi connectivity index (χ4n) is 0.855. The third-order valence-electron chi connectivity index (χ3n) is 1.88. The van der Waals surface area contributed by atoms with E-state index in [0.29, 0.717) is 12.8 Å². The lowest BCUT2D eigenvalue weighted by Gasteiger charge is -2.29. The van der Waals surface area contributed by atoms with Gasteiger partial charge in [0.2, 0.25) is 0 Å². The number of halogens is 7. The Morgan fingerprint density at radius 1 is 1.00 bits per heavy atom. The van der Waals surface area contributed by atoms with E-state index < -0.39 is 30.8 Å². The first-order chi connectivity index (χ1) is 8.45. The molecule has 0 spiro atoms. The third kappa shape index (κ3) is 4.84. The van der Waals surface area contributed by atoms with E-state index in [-0.39, 0.29) is 6.61 Å². The first-order valence-corrected chi connectivity index (χ1v) is 5.07. The second-order valence-corrected chi connectivity index (χ2v) is 3.45. The Balaban J connectivity index is 4.59. The van der Waals surface area contributed by atoms with Crippen molar-refractivity contribution in [1.82, 2.24) is 0 Å². The molecule has 0 amide bonds. The fourth-order valence-corrected chi connectivity index (χ4v) is 0.855. The van der Waals surface area contributed by atoms with E-state index in [1.165, 1.54) is 0 Å². The highest BCUT2D eigenvalue weighted by Crippen LogP contribution is 2.46. The highest BCUT2D eigenvalue weighted by atomic mass is 19.4. The Labute approximate surface area is 103 Å². The molecule has 0 saturated heterocycles. The number of alkyl halides is 7. The monoisotopic (exact) mass is 300 g/mol. The lowest BCUT2D eigenvalue weighted by Crippen LogP contribution is -2.55. The van der Waals surface area contributed by atoms with Crippen molar-refractivity contribution in [3.05, 3.63) is 0 Å². The van der Waals surface area contributed by atoms with Gasteiger partial charge in [-0.3, -0.25) is 0 Å². The second kappa shape index (κ2) is 6.40. The molecular formula is C9H11F7O3. The van der Waals surface area contributed by atoms with Crippen LogP contribution in [0, 0.1) is 0 Å². The molecular weight excluding hydrogens is 289 g/mol. The molecule has 3 nitrogen and oxygen atoms in total. The highest BCUT2D eigenvalue weighted by Gasteiger charge is 2.74. The number of ether oxygens (including phenoxy) is 2. The number of carbonyl (C=O) groups is 1. The molecule has 19 heavy (non-hydrogen) atoms. The topological polar surface area (TPSA) is 35.5 Å². The number of hydrogen-bond acceptors (Lipinski definition) is 3. The van der Waals surface area contributed by atoms with E-state index in [2.05, 4.69) is 9.47 Å². The number of esters is 1. The van der Waals surface area contributed by atoms with Crippen LogP contribution in [0.25, 0.3) is 0 Å². The predicted octanol–water partition coefficient (Wildman–Crippen LogP) is 3.14. The van der Waals surface area contributed by atoms with Gasteiger partial charge in [0.05, 0.1) is 6.61 Å². The summed E-state index contributed by atoms with van der Waals surface area (Å²) in [6.07, 6.45) is -11.7. The van der Waals surface area contributed by atoms with Crippen molar-refractivity contribution >= 4 is 5.97 Å². The summed E-state index contributed by atoms with van der Waals surface area (Å²) in [5.74, 6) is -7.41. The van der Waals surface area contributed by atoms with Crippen LogP contribution in [0.15, 0.2) is 0 Å². The average molecular weight is 300 g/mol. The summed E-state index contributed by atoms with van der Waals surface area (Å²) in [7, 11) is 0. The third-order valence-corrected chi connectivity index (χ3v) is 1.88. The summed E-state index contributed by atoms with van der Waals surface area (Å²) in [6.45, 7) is -0.278. The molecule has 0 aromatic carbocycles. The molecule has 0 bridgehead atoms. The van der Waals surface area contributed by atoms with E-state index in [4.69, 9.17) is 0 Å². The number of unbranched alkanes of at least 4 members (excludes halogenated alkanes) is 1. The van der Waals surface area contributed by atoms with Crippen LogP contribution < -0.4 is 0 Å². The summed E-state index contributed by atoms with van der Waals surface area (Å²) in [5.41, 5.74) is 0. The van der Waals surface area contributed by atoms with E-state index in [9.17, 15) is 35.5 Å². The molecule has 0 fully saturated rings. The van der Waals surface area contributed by atoms with Gasteiger partial charge in [-0.05, 0) is 6.42 Å². The van der Waals surface area contributed by atoms with Crippen molar-refractivity contribution < 1.29 is 45.0 Å². The van der Waals surface area contributed by atoms with Crippen LogP contribution in [0.5, 0.6) is 0 Å². The van der Waals surface area contributed by atoms with Crippen LogP contribution in [0.4, 0.5) is 30.7 Å². The van der Waals surface area contributed by atoms with Crippen molar-refractivity contribution in [3.63, 3.8) is 0 Å². The Bertz CT molecular complexity index is 283. The zero-order valence-corrected chi connectivity index (χ0v) is 9.70. The molecule has 0 unspecified atom stereocenters. The Kier molecular flexibility index (Phi) is 6.04. The van der Waals surface area contributed by atoms with Crippen molar-refractivity contribution in [3.8, 4) is 0 Å². The molecule has 10 heteroatoms. The number of hydrogen-bond donors (Lipinski definition) is 0. The maximum atomic E-state index is 12.9. The van der Waals surface area contributed by atoms with Crippen LogP contribution in [0.2, 0.25) is 0 Å². The van der Waals surface area contributed by atoms with Gasteiger partial charge in [-0.15, -0.1) is 0 Å². The summed E-state index contributed by atoms with van der Waals surface area (Å²) < 4.78 is 92.1. The SMILES string of the molecule is CCCCOC(=O)COC(F)(C(F)(F)F)C(F)(F)F. The van der Waals surface area contributed by atoms with Gasteiger partial charge in [-0.25, -0.2) is 4.79 Å². The average Bonchev–Trinajstić information content (AvgIpc) is 2.23. The quantitative estimate of drug-likeness (QED) is 0.429.